The third kappa shape index (κ3) is 2.64. The van der Waals surface area contributed by atoms with Crippen LogP contribution in [0.4, 0.5) is 0 Å². The van der Waals surface area contributed by atoms with Crippen molar-refractivity contribution < 1.29 is 9.90 Å². The second-order valence-electron chi connectivity index (χ2n) is 5.07. The van der Waals surface area contributed by atoms with Crippen LogP contribution < -0.4 is 0 Å². The average molecular weight is 285 g/mol. The molecular weight excluding hydrogens is 268 g/mol. The summed E-state index contributed by atoms with van der Waals surface area (Å²) in [5.41, 5.74) is 1.77. The van der Waals surface area contributed by atoms with E-state index in [4.69, 9.17) is 0 Å². The smallest absolute Gasteiger partial charge is 0.133 e. The van der Waals surface area contributed by atoms with Crippen molar-refractivity contribution in [2.75, 3.05) is 0 Å². The highest BCUT2D eigenvalue weighted by molar-refractivity contribution is 9.10. The van der Waals surface area contributed by atoms with Gasteiger partial charge in [0.1, 0.15) is 12.0 Å². The van der Waals surface area contributed by atoms with Crippen LogP contribution in [0.15, 0.2) is 16.6 Å². The molecule has 0 aliphatic carbocycles. The minimum atomic E-state index is -0.293. The number of phenols is 1. The molecule has 1 aromatic carbocycles. The van der Waals surface area contributed by atoms with Crippen molar-refractivity contribution in [2.45, 2.75) is 39.0 Å². The lowest BCUT2D eigenvalue weighted by Gasteiger charge is -2.22. The Bertz CT molecular complexity index is 405. The standard InChI is InChI=1S/C13H17BrO2/c1-8(7-15)10-5-9(13(2,3)4)6-11(14)12(10)16/h5-8,16H,1-4H3. The van der Waals surface area contributed by atoms with Crippen LogP contribution in [-0.2, 0) is 10.2 Å². The Morgan fingerprint density at radius 2 is 1.94 bits per heavy atom. The summed E-state index contributed by atoms with van der Waals surface area (Å²) < 4.78 is 0.642. The summed E-state index contributed by atoms with van der Waals surface area (Å²) in [6.45, 7) is 8.07. The van der Waals surface area contributed by atoms with Gasteiger partial charge < -0.3 is 9.90 Å². The maximum atomic E-state index is 10.8. The Balaban J connectivity index is 3.39. The molecule has 0 amide bonds. The first-order chi connectivity index (χ1) is 7.27. The number of carbonyl (C=O) groups is 1. The van der Waals surface area contributed by atoms with Crippen molar-refractivity contribution in [2.24, 2.45) is 0 Å². The van der Waals surface area contributed by atoms with Gasteiger partial charge in [0.25, 0.3) is 0 Å². The number of carbonyl (C=O) groups excluding carboxylic acids is 1. The van der Waals surface area contributed by atoms with E-state index in [0.29, 0.717) is 10.0 Å². The Hall–Kier alpha value is -0.830. The van der Waals surface area contributed by atoms with Crippen LogP contribution in [0.5, 0.6) is 5.75 Å². The zero-order valence-electron chi connectivity index (χ0n) is 10.0. The Kier molecular flexibility index (Phi) is 3.79. The number of benzene rings is 1. The van der Waals surface area contributed by atoms with Crippen molar-refractivity contribution in [3.8, 4) is 5.75 Å². The Labute approximate surface area is 105 Å². The first-order valence-corrected chi connectivity index (χ1v) is 6.05. The van der Waals surface area contributed by atoms with E-state index in [2.05, 4.69) is 36.7 Å². The molecule has 1 rings (SSSR count). The van der Waals surface area contributed by atoms with Crippen LogP contribution in [0, 0.1) is 0 Å². The summed E-state index contributed by atoms with van der Waals surface area (Å²) in [6.07, 6.45) is 0.841. The van der Waals surface area contributed by atoms with E-state index in [1.807, 2.05) is 12.1 Å². The van der Waals surface area contributed by atoms with E-state index < -0.39 is 0 Å². The second kappa shape index (κ2) is 4.58. The lowest BCUT2D eigenvalue weighted by molar-refractivity contribution is -0.108. The quantitative estimate of drug-likeness (QED) is 0.840. The fourth-order valence-corrected chi connectivity index (χ4v) is 1.95. The van der Waals surface area contributed by atoms with Gasteiger partial charge in [0, 0.05) is 11.5 Å². The number of hydrogen-bond donors (Lipinski definition) is 1. The predicted octanol–water partition coefficient (Wildman–Crippen LogP) is 3.75. The maximum Gasteiger partial charge on any atom is 0.133 e. The van der Waals surface area contributed by atoms with Crippen LogP contribution >= 0.6 is 15.9 Å². The van der Waals surface area contributed by atoms with Crippen molar-refractivity contribution >= 4 is 22.2 Å². The molecule has 1 atom stereocenters. The first-order valence-electron chi connectivity index (χ1n) is 5.25. The van der Waals surface area contributed by atoms with Crippen LogP contribution in [-0.4, -0.2) is 11.4 Å². The van der Waals surface area contributed by atoms with Gasteiger partial charge in [0.15, 0.2) is 0 Å². The van der Waals surface area contributed by atoms with Crippen molar-refractivity contribution in [3.05, 3.63) is 27.7 Å². The summed E-state index contributed by atoms with van der Waals surface area (Å²) in [4.78, 5) is 10.8. The fourth-order valence-electron chi connectivity index (χ4n) is 1.47. The minimum absolute atomic E-state index is 0.00637. The van der Waals surface area contributed by atoms with E-state index in [0.717, 1.165) is 11.8 Å². The SMILES string of the molecule is CC(C=O)c1cc(C(C)(C)C)cc(Br)c1O. The van der Waals surface area contributed by atoms with Crippen LogP contribution in [0.25, 0.3) is 0 Å². The molecule has 0 spiro atoms. The Morgan fingerprint density at radius 3 is 2.38 bits per heavy atom. The molecule has 0 fully saturated rings. The lowest BCUT2D eigenvalue weighted by Crippen LogP contribution is -2.12. The fraction of sp³-hybridized carbons (Fsp3) is 0.462. The molecule has 88 valence electrons. The number of halogens is 1. The number of phenolic OH excluding ortho intramolecular Hbond substituents is 1. The summed E-state index contributed by atoms with van der Waals surface area (Å²) in [5, 5.41) is 9.88. The molecule has 2 nitrogen and oxygen atoms in total. The van der Waals surface area contributed by atoms with Crippen molar-refractivity contribution in [1.82, 2.24) is 0 Å². The summed E-state index contributed by atoms with van der Waals surface area (Å²) in [6, 6.07) is 3.80. The van der Waals surface area contributed by atoms with Gasteiger partial charge in [-0.25, -0.2) is 0 Å². The second-order valence-corrected chi connectivity index (χ2v) is 5.92. The monoisotopic (exact) mass is 284 g/mol. The van der Waals surface area contributed by atoms with Gasteiger partial charge in [0.05, 0.1) is 4.47 Å². The minimum Gasteiger partial charge on any atom is -0.506 e. The van der Waals surface area contributed by atoms with Gasteiger partial charge in [-0.1, -0.05) is 33.8 Å². The third-order valence-corrected chi connectivity index (χ3v) is 3.26. The van der Waals surface area contributed by atoms with Crippen molar-refractivity contribution in [1.29, 1.82) is 0 Å². The van der Waals surface area contributed by atoms with Crippen LogP contribution in [0.1, 0.15) is 44.7 Å². The van der Waals surface area contributed by atoms with E-state index >= 15 is 0 Å². The van der Waals surface area contributed by atoms with E-state index in [1.165, 1.54) is 0 Å². The molecule has 0 heterocycles. The molecule has 0 saturated carbocycles. The highest BCUT2D eigenvalue weighted by Crippen LogP contribution is 2.37. The van der Waals surface area contributed by atoms with Gasteiger partial charge in [-0.3, -0.25) is 0 Å². The van der Waals surface area contributed by atoms with Crippen LogP contribution in [0.3, 0.4) is 0 Å². The van der Waals surface area contributed by atoms with Gasteiger partial charge in [0.2, 0.25) is 0 Å². The zero-order valence-corrected chi connectivity index (χ0v) is 11.6. The number of hydrogen-bond acceptors (Lipinski definition) is 2. The highest BCUT2D eigenvalue weighted by Gasteiger charge is 2.20. The molecule has 1 N–H and O–H groups in total. The predicted molar refractivity (Wildman–Crippen MR) is 69.0 cm³/mol. The molecule has 0 saturated heterocycles. The third-order valence-electron chi connectivity index (χ3n) is 2.65. The summed E-state index contributed by atoms with van der Waals surface area (Å²) in [7, 11) is 0. The molecule has 3 heteroatoms. The molecule has 16 heavy (non-hydrogen) atoms. The molecule has 0 aliphatic rings. The normalized spacial score (nSPS) is 13.6. The molecule has 1 aromatic rings. The molecule has 0 aromatic heterocycles. The zero-order chi connectivity index (χ0) is 12.5. The maximum absolute atomic E-state index is 10.8. The van der Waals surface area contributed by atoms with E-state index in [-0.39, 0.29) is 17.1 Å². The van der Waals surface area contributed by atoms with Gasteiger partial charge in [-0.05, 0) is 33.0 Å². The van der Waals surface area contributed by atoms with Gasteiger partial charge >= 0.3 is 0 Å². The molecule has 0 bridgehead atoms. The number of rotatable bonds is 2. The first kappa shape index (κ1) is 13.2. The lowest BCUT2D eigenvalue weighted by atomic mass is 9.84. The Morgan fingerprint density at radius 1 is 1.38 bits per heavy atom. The van der Waals surface area contributed by atoms with Gasteiger partial charge in [-0.15, -0.1) is 0 Å². The van der Waals surface area contributed by atoms with E-state index in [1.54, 1.807) is 6.92 Å². The average Bonchev–Trinajstić information content (AvgIpc) is 2.19. The highest BCUT2D eigenvalue weighted by atomic mass is 79.9. The molecule has 0 aliphatic heterocycles. The number of aldehydes is 1. The summed E-state index contributed by atoms with van der Waals surface area (Å²) in [5.74, 6) is -0.133. The largest absolute Gasteiger partial charge is 0.506 e. The van der Waals surface area contributed by atoms with Crippen LogP contribution in [0.2, 0.25) is 0 Å². The topological polar surface area (TPSA) is 37.3 Å². The molecule has 1 unspecified atom stereocenters. The molecule has 0 radical (unpaired) electrons. The van der Waals surface area contributed by atoms with E-state index in [9.17, 15) is 9.90 Å². The van der Waals surface area contributed by atoms with Crippen molar-refractivity contribution in [3.63, 3.8) is 0 Å². The number of aromatic hydroxyl groups is 1. The van der Waals surface area contributed by atoms with Gasteiger partial charge in [-0.2, -0.15) is 0 Å². The summed E-state index contributed by atoms with van der Waals surface area (Å²) >= 11 is 3.32. The molecular formula is C13H17BrO2.